The van der Waals surface area contributed by atoms with E-state index in [9.17, 15) is 9.18 Å². The third-order valence-electron chi connectivity index (χ3n) is 5.30. The molecule has 144 valence electrons. The third kappa shape index (κ3) is 3.43. The number of nitrogens with two attached hydrogens (primary N) is 1. The quantitative estimate of drug-likeness (QED) is 0.731. The minimum Gasteiger partial charge on any atom is -0.384 e. The van der Waals surface area contributed by atoms with E-state index in [-0.39, 0.29) is 11.7 Å². The highest BCUT2D eigenvalue weighted by Crippen LogP contribution is 2.32. The number of anilines is 1. The summed E-state index contributed by atoms with van der Waals surface area (Å²) in [6.07, 6.45) is 1.63. The Bertz CT molecular complexity index is 1040. The first-order valence-electron chi connectivity index (χ1n) is 9.34. The molecule has 5 nitrogen and oxygen atoms in total. The van der Waals surface area contributed by atoms with Gasteiger partial charge in [-0.1, -0.05) is 12.1 Å². The van der Waals surface area contributed by atoms with Gasteiger partial charge in [0, 0.05) is 48.3 Å². The van der Waals surface area contributed by atoms with Crippen molar-refractivity contribution in [3.8, 4) is 11.1 Å². The summed E-state index contributed by atoms with van der Waals surface area (Å²) in [6, 6.07) is 10.3. The van der Waals surface area contributed by atoms with Crippen molar-refractivity contribution < 1.29 is 9.18 Å². The number of hydrogen-bond donors (Lipinski definition) is 2. The van der Waals surface area contributed by atoms with Gasteiger partial charge in [-0.05, 0) is 54.8 Å². The molecular formula is C22H23FN4O. The van der Waals surface area contributed by atoms with Crippen LogP contribution in [0, 0.1) is 18.7 Å². The minimum atomic E-state index is -0.313. The van der Waals surface area contributed by atoms with Gasteiger partial charge in [-0.25, -0.2) is 9.37 Å². The summed E-state index contributed by atoms with van der Waals surface area (Å²) in [6.45, 7) is 4.43. The van der Waals surface area contributed by atoms with Gasteiger partial charge in [-0.3, -0.25) is 4.79 Å². The molecule has 2 aromatic carbocycles. The predicted octanol–water partition coefficient (Wildman–Crippen LogP) is 3.22. The molecule has 0 radical (unpaired) electrons. The molecule has 0 spiro atoms. The molecule has 0 atom stereocenters. The van der Waals surface area contributed by atoms with Gasteiger partial charge in [0.1, 0.15) is 11.6 Å². The van der Waals surface area contributed by atoms with Crippen LogP contribution in [0.1, 0.15) is 15.9 Å². The fraction of sp³-hybridized carbons (Fsp3) is 0.273. The minimum absolute atomic E-state index is 0.180. The zero-order chi connectivity index (χ0) is 19.8. The van der Waals surface area contributed by atoms with E-state index in [1.807, 2.05) is 19.1 Å². The number of nitrogen functional groups attached to an aromatic ring is 1. The second kappa shape index (κ2) is 7.20. The summed E-state index contributed by atoms with van der Waals surface area (Å²) in [4.78, 5) is 19.3. The van der Waals surface area contributed by atoms with Crippen LogP contribution in [0.5, 0.6) is 0 Å². The van der Waals surface area contributed by atoms with Gasteiger partial charge in [-0.15, -0.1) is 0 Å². The number of benzene rings is 2. The lowest BCUT2D eigenvalue weighted by atomic mass is 9.94. The first-order valence-corrected chi connectivity index (χ1v) is 9.34. The van der Waals surface area contributed by atoms with Crippen LogP contribution in [0.25, 0.3) is 21.9 Å². The van der Waals surface area contributed by atoms with Crippen molar-refractivity contribution in [2.75, 3.05) is 32.4 Å². The van der Waals surface area contributed by atoms with E-state index in [1.165, 1.54) is 6.07 Å². The molecule has 28 heavy (non-hydrogen) atoms. The van der Waals surface area contributed by atoms with Crippen molar-refractivity contribution >= 4 is 22.5 Å². The van der Waals surface area contributed by atoms with Crippen molar-refractivity contribution in [1.82, 2.24) is 15.2 Å². The summed E-state index contributed by atoms with van der Waals surface area (Å²) in [7, 11) is 2.06. The van der Waals surface area contributed by atoms with Gasteiger partial charge in [0.25, 0.3) is 5.91 Å². The van der Waals surface area contributed by atoms with Crippen LogP contribution >= 0.6 is 0 Å². The number of likely N-dealkylation sites (tertiary alicyclic amines) is 1. The second-order valence-electron chi connectivity index (χ2n) is 7.58. The molecule has 6 heteroatoms. The van der Waals surface area contributed by atoms with E-state index >= 15 is 0 Å². The van der Waals surface area contributed by atoms with Gasteiger partial charge >= 0.3 is 0 Å². The molecule has 1 fully saturated rings. The summed E-state index contributed by atoms with van der Waals surface area (Å²) >= 11 is 0. The fourth-order valence-electron chi connectivity index (χ4n) is 3.89. The standard InChI is InChI=1S/C22H23FN4O/c1-13-4-3-5-19(23)21(13)15-6-16-10-25-20(24)8-17(16)18(7-15)22(28)26-9-14-11-27(2)12-14/h3-8,10,14H,9,11-12H2,1-2H3,(H2,24,25)(H,26,28). The summed E-state index contributed by atoms with van der Waals surface area (Å²) < 4.78 is 14.5. The Balaban J connectivity index is 1.77. The van der Waals surface area contributed by atoms with Crippen LogP contribution in [0.2, 0.25) is 0 Å². The van der Waals surface area contributed by atoms with Crippen LogP contribution in [-0.4, -0.2) is 42.5 Å². The largest absolute Gasteiger partial charge is 0.384 e. The number of carbonyl (C=O) groups is 1. The van der Waals surface area contributed by atoms with E-state index < -0.39 is 0 Å². The Labute approximate surface area is 163 Å². The predicted molar refractivity (Wildman–Crippen MR) is 110 cm³/mol. The first-order chi connectivity index (χ1) is 13.4. The molecule has 1 aliphatic heterocycles. The number of halogens is 1. The highest BCUT2D eigenvalue weighted by Gasteiger charge is 2.24. The number of hydrogen-bond acceptors (Lipinski definition) is 4. The number of rotatable bonds is 4. The van der Waals surface area contributed by atoms with Crippen LogP contribution in [0.3, 0.4) is 0 Å². The molecule has 0 saturated carbocycles. The maximum Gasteiger partial charge on any atom is 0.251 e. The van der Waals surface area contributed by atoms with E-state index in [1.54, 1.807) is 24.4 Å². The summed E-state index contributed by atoms with van der Waals surface area (Å²) in [5.74, 6) is 0.313. The molecule has 2 heterocycles. The highest BCUT2D eigenvalue weighted by atomic mass is 19.1. The normalized spacial score (nSPS) is 14.8. The molecule has 3 aromatic rings. The molecule has 0 unspecified atom stereocenters. The molecular weight excluding hydrogens is 355 g/mol. The van der Waals surface area contributed by atoms with Gasteiger partial charge in [-0.2, -0.15) is 0 Å². The lowest BCUT2D eigenvalue weighted by molar-refractivity contribution is 0.0899. The molecule has 1 aromatic heterocycles. The van der Waals surface area contributed by atoms with Crippen molar-refractivity contribution in [3.05, 3.63) is 59.5 Å². The number of pyridine rings is 1. The number of aryl methyl sites for hydroxylation is 1. The molecule has 3 N–H and O–H groups in total. The number of carbonyl (C=O) groups excluding carboxylic acids is 1. The van der Waals surface area contributed by atoms with Crippen LogP contribution in [-0.2, 0) is 0 Å². The van der Waals surface area contributed by atoms with E-state index in [2.05, 4.69) is 22.2 Å². The molecule has 1 aliphatic rings. The molecule has 4 rings (SSSR count). The van der Waals surface area contributed by atoms with Gasteiger partial charge < -0.3 is 16.0 Å². The highest BCUT2D eigenvalue weighted by molar-refractivity contribution is 6.09. The number of fused-ring (bicyclic) bond motifs is 1. The lowest BCUT2D eigenvalue weighted by Crippen LogP contribution is -2.49. The summed E-state index contributed by atoms with van der Waals surface area (Å²) in [5.41, 5.74) is 8.30. The number of nitrogens with zero attached hydrogens (tertiary/aromatic N) is 2. The fourth-order valence-corrected chi connectivity index (χ4v) is 3.89. The average Bonchev–Trinajstić information content (AvgIpc) is 2.63. The maximum absolute atomic E-state index is 14.5. The van der Waals surface area contributed by atoms with Crippen LogP contribution < -0.4 is 11.1 Å². The monoisotopic (exact) mass is 378 g/mol. The van der Waals surface area contributed by atoms with E-state index in [0.29, 0.717) is 40.4 Å². The molecule has 1 amide bonds. The van der Waals surface area contributed by atoms with Crippen LogP contribution in [0.15, 0.2) is 42.6 Å². The average molecular weight is 378 g/mol. The zero-order valence-corrected chi connectivity index (χ0v) is 16.0. The Hall–Kier alpha value is -2.99. The SMILES string of the molecule is Cc1cccc(F)c1-c1cc(C(=O)NCC2CN(C)C2)c2cc(N)ncc2c1. The molecule has 1 saturated heterocycles. The molecule has 0 bridgehead atoms. The van der Waals surface area contributed by atoms with Crippen molar-refractivity contribution in [2.45, 2.75) is 6.92 Å². The van der Waals surface area contributed by atoms with Crippen molar-refractivity contribution in [2.24, 2.45) is 5.92 Å². The maximum atomic E-state index is 14.5. The van der Waals surface area contributed by atoms with Gasteiger partial charge in [0.15, 0.2) is 0 Å². The van der Waals surface area contributed by atoms with Crippen molar-refractivity contribution in [3.63, 3.8) is 0 Å². The number of amides is 1. The first kappa shape index (κ1) is 18.4. The Kier molecular flexibility index (Phi) is 4.73. The van der Waals surface area contributed by atoms with Gasteiger partial charge in [0.2, 0.25) is 0 Å². The van der Waals surface area contributed by atoms with Crippen LogP contribution in [0.4, 0.5) is 10.2 Å². The molecule has 0 aliphatic carbocycles. The lowest BCUT2D eigenvalue weighted by Gasteiger charge is -2.36. The van der Waals surface area contributed by atoms with E-state index in [4.69, 9.17) is 5.73 Å². The topological polar surface area (TPSA) is 71.2 Å². The zero-order valence-electron chi connectivity index (χ0n) is 16.0. The van der Waals surface area contributed by atoms with Crippen molar-refractivity contribution in [1.29, 1.82) is 0 Å². The van der Waals surface area contributed by atoms with E-state index in [0.717, 1.165) is 24.0 Å². The Morgan fingerprint density at radius 2 is 2.11 bits per heavy atom. The summed E-state index contributed by atoms with van der Waals surface area (Å²) in [5, 5.41) is 4.49. The number of nitrogens with one attached hydrogen (secondary N) is 1. The number of aromatic nitrogens is 1. The smallest absolute Gasteiger partial charge is 0.251 e. The Morgan fingerprint density at radius 3 is 2.82 bits per heavy atom. The second-order valence-corrected chi connectivity index (χ2v) is 7.58. The Morgan fingerprint density at radius 1 is 1.32 bits per heavy atom. The van der Waals surface area contributed by atoms with Gasteiger partial charge in [0.05, 0.1) is 0 Å². The third-order valence-corrected chi connectivity index (χ3v) is 5.30.